The van der Waals surface area contributed by atoms with Crippen molar-refractivity contribution < 1.29 is 23.6 Å². The molecule has 0 aromatic carbocycles. The average molecular weight is 463 g/mol. The standard InChI is InChI=1S/C20H23ClN6O5/c1-26(2)20(31)13(24-17(28)14-6-11-9-27(3)10-15(11)32-14)8-23-18(29)19(30)25-16-5-4-12(21)7-22-16/h4-7,13H,8-10H2,1-3H3,(H,23,29)(H,24,28)(H,22,25,30). The van der Waals surface area contributed by atoms with Gasteiger partial charge in [-0.05, 0) is 25.2 Å². The number of pyridine rings is 1. The van der Waals surface area contributed by atoms with Gasteiger partial charge in [0, 0.05) is 38.9 Å². The van der Waals surface area contributed by atoms with Gasteiger partial charge >= 0.3 is 11.8 Å². The predicted molar refractivity (Wildman–Crippen MR) is 115 cm³/mol. The van der Waals surface area contributed by atoms with E-state index in [1.165, 1.54) is 37.3 Å². The number of furan rings is 1. The van der Waals surface area contributed by atoms with Crippen molar-refractivity contribution in [3.8, 4) is 0 Å². The molecule has 3 rings (SSSR count). The van der Waals surface area contributed by atoms with Crippen LogP contribution in [0.1, 0.15) is 21.9 Å². The Balaban J connectivity index is 1.60. The molecule has 0 saturated carbocycles. The third kappa shape index (κ3) is 5.62. The summed E-state index contributed by atoms with van der Waals surface area (Å²) in [6.07, 6.45) is 1.32. The second-order valence-electron chi connectivity index (χ2n) is 7.52. The van der Waals surface area contributed by atoms with Gasteiger partial charge in [-0.2, -0.15) is 0 Å². The number of hydrogen-bond donors (Lipinski definition) is 3. The summed E-state index contributed by atoms with van der Waals surface area (Å²) in [7, 11) is 4.96. The molecule has 2 aromatic rings. The highest BCUT2D eigenvalue weighted by Crippen LogP contribution is 2.24. The summed E-state index contributed by atoms with van der Waals surface area (Å²) in [6, 6.07) is 3.47. The molecule has 0 bridgehead atoms. The lowest BCUT2D eigenvalue weighted by Gasteiger charge is -2.21. The fourth-order valence-electron chi connectivity index (χ4n) is 3.08. The molecule has 170 valence electrons. The quantitative estimate of drug-likeness (QED) is 0.522. The maximum absolute atomic E-state index is 12.6. The van der Waals surface area contributed by atoms with Crippen molar-refractivity contribution in [2.24, 2.45) is 0 Å². The number of nitrogens with one attached hydrogen (secondary N) is 3. The summed E-state index contributed by atoms with van der Waals surface area (Å²) >= 11 is 5.73. The van der Waals surface area contributed by atoms with E-state index in [-0.39, 0.29) is 18.1 Å². The van der Waals surface area contributed by atoms with Crippen LogP contribution in [-0.2, 0) is 27.5 Å². The zero-order valence-corrected chi connectivity index (χ0v) is 18.5. The highest BCUT2D eigenvalue weighted by atomic mass is 35.5. The van der Waals surface area contributed by atoms with E-state index in [0.717, 1.165) is 5.56 Å². The van der Waals surface area contributed by atoms with E-state index in [0.29, 0.717) is 23.9 Å². The smallest absolute Gasteiger partial charge is 0.314 e. The first-order valence-corrected chi connectivity index (χ1v) is 10.0. The Hall–Kier alpha value is -3.44. The predicted octanol–water partition coefficient (Wildman–Crippen LogP) is 0.215. The number of aromatic nitrogens is 1. The Bertz CT molecular complexity index is 1010. The number of halogens is 1. The van der Waals surface area contributed by atoms with E-state index >= 15 is 0 Å². The molecule has 0 fully saturated rings. The summed E-state index contributed by atoms with van der Waals surface area (Å²) in [5.41, 5.74) is 0.911. The summed E-state index contributed by atoms with van der Waals surface area (Å²) in [6.45, 7) is 0.961. The fraction of sp³-hybridized carbons (Fsp3) is 0.350. The second-order valence-corrected chi connectivity index (χ2v) is 7.95. The summed E-state index contributed by atoms with van der Waals surface area (Å²) in [5, 5.41) is 7.59. The lowest BCUT2D eigenvalue weighted by molar-refractivity contribution is -0.136. The van der Waals surface area contributed by atoms with Crippen LogP contribution >= 0.6 is 11.6 Å². The Morgan fingerprint density at radius 1 is 1.22 bits per heavy atom. The minimum absolute atomic E-state index is 0.0811. The Kier molecular flexibility index (Phi) is 7.11. The van der Waals surface area contributed by atoms with E-state index in [4.69, 9.17) is 16.0 Å². The SMILES string of the molecule is CN1Cc2cc(C(=O)NC(CNC(=O)C(=O)Nc3ccc(Cl)cn3)C(=O)N(C)C)oc2C1. The van der Waals surface area contributed by atoms with Crippen LogP contribution in [0.4, 0.5) is 5.82 Å². The molecule has 32 heavy (non-hydrogen) atoms. The number of nitrogens with zero attached hydrogens (tertiary/aromatic N) is 3. The van der Waals surface area contributed by atoms with Gasteiger partial charge in [-0.25, -0.2) is 4.98 Å². The van der Waals surface area contributed by atoms with Gasteiger partial charge < -0.3 is 25.3 Å². The van der Waals surface area contributed by atoms with Crippen molar-refractivity contribution in [2.75, 3.05) is 33.0 Å². The van der Waals surface area contributed by atoms with Crippen LogP contribution in [0.5, 0.6) is 0 Å². The highest BCUT2D eigenvalue weighted by Gasteiger charge is 2.28. The monoisotopic (exact) mass is 462 g/mol. The topological polar surface area (TPSA) is 137 Å². The summed E-state index contributed by atoms with van der Waals surface area (Å²) in [5.74, 6) is -2.10. The van der Waals surface area contributed by atoms with Gasteiger partial charge in [-0.1, -0.05) is 11.6 Å². The van der Waals surface area contributed by atoms with E-state index in [9.17, 15) is 19.2 Å². The minimum Gasteiger partial charge on any atom is -0.454 e. The first-order chi connectivity index (χ1) is 15.1. The molecule has 3 heterocycles. The fourth-order valence-corrected chi connectivity index (χ4v) is 3.19. The van der Waals surface area contributed by atoms with Gasteiger partial charge in [-0.3, -0.25) is 24.1 Å². The van der Waals surface area contributed by atoms with Crippen molar-refractivity contribution in [2.45, 2.75) is 19.1 Å². The van der Waals surface area contributed by atoms with E-state index in [2.05, 4.69) is 20.9 Å². The van der Waals surface area contributed by atoms with Crippen LogP contribution in [0, 0.1) is 0 Å². The second kappa shape index (κ2) is 9.79. The molecule has 4 amide bonds. The van der Waals surface area contributed by atoms with Crippen LogP contribution in [-0.4, -0.2) is 72.1 Å². The van der Waals surface area contributed by atoms with E-state index < -0.39 is 29.7 Å². The lowest BCUT2D eigenvalue weighted by atomic mass is 10.2. The summed E-state index contributed by atoms with van der Waals surface area (Å²) in [4.78, 5) is 56.5. The number of anilines is 1. The summed E-state index contributed by atoms with van der Waals surface area (Å²) < 4.78 is 5.59. The van der Waals surface area contributed by atoms with Gasteiger partial charge in [0.25, 0.3) is 5.91 Å². The molecule has 1 aliphatic rings. The normalized spacial score (nSPS) is 13.8. The van der Waals surface area contributed by atoms with Crippen molar-refractivity contribution in [3.63, 3.8) is 0 Å². The molecule has 2 aromatic heterocycles. The molecule has 1 atom stereocenters. The Morgan fingerprint density at radius 2 is 1.97 bits per heavy atom. The number of amides is 4. The Morgan fingerprint density at radius 3 is 2.59 bits per heavy atom. The molecule has 0 radical (unpaired) electrons. The van der Waals surface area contributed by atoms with Crippen molar-refractivity contribution >= 4 is 41.0 Å². The molecule has 1 aliphatic heterocycles. The van der Waals surface area contributed by atoms with Crippen LogP contribution in [0.3, 0.4) is 0 Å². The number of carbonyl (C=O) groups is 4. The van der Waals surface area contributed by atoms with Gasteiger partial charge in [0.2, 0.25) is 5.91 Å². The molecule has 0 spiro atoms. The largest absolute Gasteiger partial charge is 0.454 e. The molecular formula is C20H23ClN6O5. The van der Waals surface area contributed by atoms with E-state index in [1.54, 1.807) is 6.07 Å². The minimum atomic E-state index is -1.11. The molecule has 12 heteroatoms. The Labute approximate surface area is 189 Å². The molecule has 1 unspecified atom stereocenters. The average Bonchev–Trinajstić information content (AvgIpc) is 3.29. The first kappa shape index (κ1) is 23.2. The number of rotatable bonds is 6. The third-order valence-electron chi connectivity index (χ3n) is 4.66. The van der Waals surface area contributed by atoms with Crippen LogP contribution in [0.2, 0.25) is 5.02 Å². The van der Waals surface area contributed by atoms with E-state index in [1.807, 2.05) is 11.9 Å². The van der Waals surface area contributed by atoms with Crippen LogP contribution in [0.15, 0.2) is 28.8 Å². The molecular weight excluding hydrogens is 440 g/mol. The number of hydrogen-bond acceptors (Lipinski definition) is 7. The lowest BCUT2D eigenvalue weighted by Crippen LogP contribution is -2.53. The molecule has 0 saturated heterocycles. The maximum atomic E-state index is 12.6. The van der Waals surface area contributed by atoms with Crippen LogP contribution in [0.25, 0.3) is 0 Å². The first-order valence-electron chi connectivity index (χ1n) is 9.67. The van der Waals surface area contributed by atoms with Crippen LogP contribution < -0.4 is 16.0 Å². The highest BCUT2D eigenvalue weighted by molar-refractivity contribution is 6.39. The number of fused-ring (bicyclic) bond motifs is 1. The molecule has 3 N–H and O–H groups in total. The van der Waals surface area contributed by atoms with Gasteiger partial charge in [-0.15, -0.1) is 0 Å². The van der Waals surface area contributed by atoms with Crippen molar-refractivity contribution in [3.05, 3.63) is 46.5 Å². The maximum Gasteiger partial charge on any atom is 0.314 e. The zero-order valence-electron chi connectivity index (χ0n) is 17.8. The molecule has 0 aliphatic carbocycles. The number of likely N-dealkylation sites (N-methyl/N-ethyl adjacent to an activating group) is 1. The van der Waals surface area contributed by atoms with Gasteiger partial charge in [0.1, 0.15) is 17.6 Å². The van der Waals surface area contributed by atoms with Crippen molar-refractivity contribution in [1.29, 1.82) is 0 Å². The van der Waals surface area contributed by atoms with Gasteiger partial charge in [0.05, 0.1) is 11.6 Å². The third-order valence-corrected chi connectivity index (χ3v) is 4.88. The zero-order chi connectivity index (χ0) is 23.4. The van der Waals surface area contributed by atoms with Gasteiger partial charge in [0.15, 0.2) is 5.76 Å². The molecule has 11 nitrogen and oxygen atoms in total. The van der Waals surface area contributed by atoms with Crippen molar-refractivity contribution in [1.82, 2.24) is 25.4 Å². The number of carbonyl (C=O) groups excluding carboxylic acids is 4.